The molecule has 0 saturated carbocycles. The second-order valence-electron chi connectivity index (χ2n) is 3.88. The Balaban J connectivity index is 1.99. The second kappa shape index (κ2) is 4.84. The Morgan fingerprint density at radius 3 is 2.69 bits per heavy atom. The normalized spacial score (nSPS) is 10.4. The van der Waals surface area contributed by atoms with Gasteiger partial charge in [-0.2, -0.15) is 0 Å². The average Bonchev–Trinajstić information content (AvgIpc) is 2.76. The van der Waals surface area contributed by atoms with Crippen LogP contribution < -0.4 is 5.32 Å². The van der Waals surface area contributed by atoms with Crippen LogP contribution in [0.15, 0.2) is 36.7 Å². The van der Waals surface area contributed by atoms with E-state index in [0.717, 1.165) is 19.0 Å². The van der Waals surface area contributed by atoms with E-state index in [9.17, 15) is 0 Å². The standard InChI is InChI=1S/C13H17N3/c1-3-16-9-8-14-13(16)15-10-12-6-4-11(2)5-7-12/h4-9H,3,10H2,1-2H3,(H,14,15). The Morgan fingerprint density at radius 1 is 1.25 bits per heavy atom. The molecule has 84 valence electrons. The molecule has 2 rings (SSSR count). The molecule has 0 saturated heterocycles. The van der Waals surface area contributed by atoms with Crippen molar-refractivity contribution in [3.8, 4) is 0 Å². The topological polar surface area (TPSA) is 29.9 Å². The highest BCUT2D eigenvalue weighted by Gasteiger charge is 1.99. The van der Waals surface area contributed by atoms with E-state index in [4.69, 9.17) is 0 Å². The van der Waals surface area contributed by atoms with E-state index in [2.05, 4.69) is 53.0 Å². The molecule has 3 heteroatoms. The largest absolute Gasteiger partial charge is 0.352 e. The zero-order chi connectivity index (χ0) is 11.4. The van der Waals surface area contributed by atoms with Crippen LogP contribution in [0.25, 0.3) is 0 Å². The fourth-order valence-electron chi connectivity index (χ4n) is 1.62. The second-order valence-corrected chi connectivity index (χ2v) is 3.88. The first kappa shape index (κ1) is 10.7. The maximum Gasteiger partial charge on any atom is 0.203 e. The van der Waals surface area contributed by atoms with Crippen LogP contribution >= 0.6 is 0 Å². The highest BCUT2D eigenvalue weighted by molar-refractivity contribution is 5.30. The molecule has 0 spiro atoms. The summed E-state index contributed by atoms with van der Waals surface area (Å²) in [6.07, 6.45) is 3.80. The zero-order valence-electron chi connectivity index (χ0n) is 9.77. The molecular weight excluding hydrogens is 198 g/mol. The summed E-state index contributed by atoms with van der Waals surface area (Å²) in [7, 11) is 0. The Morgan fingerprint density at radius 2 is 2.00 bits per heavy atom. The average molecular weight is 215 g/mol. The predicted molar refractivity (Wildman–Crippen MR) is 66.4 cm³/mol. The molecule has 0 radical (unpaired) electrons. The first-order chi connectivity index (χ1) is 7.79. The molecule has 0 aliphatic carbocycles. The number of anilines is 1. The number of imidazole rings is 1. The first-order valence-corrected chi connectivity index (χ1v) is 5.60. The summed E-state index contributed by atoms with van der Waals surface area (Å²) in [6, 6.07) is 8.54. The number of aryl methyl sites for hydroxylation is 2. The lowest BCUT2D eigenvalue weighted by molar-refractivity contribution is 0.763. The Labute approximate surface area is 96.1 Å². The maximum atomic E-state index is 4.27. The van der Waals surface area contributed by atoms with Gasteiger partial charge in [0.15, 0.2) is 0 Å². The van der Waals surface area contributed by atoms with Crippen molar-refractivity contribution in [2.24, 2.45) is 0 Å². The molecule has 2 aromatic rings. The van der Waals surface area contributed by atoms with Gasteiger partial charge < -0.3 is 9.88 Å². The third-order valence-corrected chi connectivity index (χ3v) is 2.63. The van der Waals surface area contributed by atoms with E-state index in [1.807, 2.05) is 12.4 Å². The molecule has 0 fully saturated rings. The summed E-state index contributed by atoms with van der Waals surface area (Å²) in [6.45, 7) is 5.97. The van der Waals surface area contributed by atoms with Crippen molar-refractivity contribution in [1.29, 1.82) is 0 Å². The van der Waals surface area contributed by atoms with Gasteiger partial charge in [-0.05, 0) is 19.4 Å². The molecule has 0 aliphatic heterocycles. The fraction of sp³-hybridized carbons (Fsp3) is 0.308. The van der Waals surface area contributed by atoms with Crippen molar-refractivity contribution < 1.29 is 0 Å². The quantitative estimate of drug-likeness (QED) is 0.850. The number of hydrogen-bond acceptors (Lipinski definition) is 2. The van der Waals surface area contributed by atoms with Gasteiger partial charge >= 0.3 is 0 Å². The summed E-state index contributed by atoms with van der Waals surface area (Å²) in [5, 5.41) is 3.33. The number of aromatic nitrogens is 2. The van der Waals surface area contributed by atoms with Gasteiger partial charge in [0.1, 0.15) is 0 Å². The van der Waals surface area contributed by atoms with Crippen LogP contribution in [0.3, 0.4) is 0 Å². The first-order valence-electron chi connectivity index (χ1n) is 5.60. The molecule has 1 aromatic carbocycles. The predicted octanol–water partition coefficient (Wildman–Crippen LogP) is 2.82. The SMILES string of the molecule is CCn1ccnc1NCc1ccc(C)cc1. The monoisotopic (exact) mass is 215 g/mol. The molecule has 16 heavy (non-hydrogen) atoms. The van der Waals surface area contributed by atoms with Crippen molar-refractivity contribution >= 4 is 5.95 Å². The van der Waals surface area contributed by atoms with Crippen LogP contribution in [0, 0.1) is 6.92 Å². The smallest absolute Gasteiger partial charge is 0.203 e. The molecule has 0 aliphatic rings. The van der Waals surface area contributed by atoms with E-state index in [-0.39, 0.29) is 0 Å². The lowest BCUT2D eigenvalue weighted by Gasteiger charge is -2.07. The van der Waals surface area contributed by atoms with Gasteiger partial charge in [0.05, 0.1) is 0 Å². The minimum Gasteiger partial charge on any atom is -0.352 e. The van der Waals surface area contributed by atoms with Crippen molar-refractivity contribution in [2.75, 3.05) is 5.32 Å². The van der Waals surface area contributed by atoms with Gasteiger partial charge in [-0.1, -0.05) is 29.8 Å². The molecule has 1 aromatic heterocycles. The maximum absolute atomic E-state index is 4.27. The highest BCUT2D eigenvalue weighted by atomic mass is 15.2. The van der Waals surface area contributed by atoms with E-state index < -0.39 is 0 Å². The molecule has 0 atom stereocenters. The Kier molecular flexibility index (Phi) is 3.25. The lowest BCUT2D eigenvalue weighted by Crippen LogP contribution is -2.06. The third-order valence-electron chi connectivity index (χ3n) is 2.63. The molecule has 0 unspecified atom stereocenters. The molecule has 0 amide bonds. The summed E-state index contributed by atoms with van der Waals surface area (Å²) in [5.41, 5.74) is 2.56. The Bertz CT molecular complexity index is 442. The van der Waals surface area contributed by atoms with Crippen LogP contribution in [0.2, 0.25) is 0 Å². The van der Waals surface area contributed by atoms with Crippen LogP contribution in [-0.2, 0) is 13.1 Å². The van der Waals surface area contributed by atoms with Crippen molar-refractivity contribution in [3.63, 3.8) is 0 Å². The van der Waals surface area contributed by atoms with Gasteiger partial charge in [0, 0.05) is 25.5 Å². The van der Waals surface area contributed by atoms with Crippen LogP contribution in [0.5, 0.6) is 0 Å². The van der Waals surface area contributed by atoms with Crippen molar-refractivity contribution in [3.05, 3.63) is 47.8 Å². The van der Waals surface area contributed by atoms with E-state index in [1.165, 1.54) is 11.1 Å². The van der Waals surface area contributed by atoms with Crippen LogP contribution in [0.4, 0.5) is 5.95 Å². The van der Waals surface area contributed by atoms with Gasteiger partial charge in [0.25, 0.3) is 0 Å². The zero-order valence-corrected chi connectivity index (χ0v) is 9.77. The number of nitrogens with zero attached hydrogens (tertiary/aromatic N) is 2. The third kappa shape index (κ3) is 2.42. The molecule has 1 N–H and O–H groups in total. The summed E-state index contributed by atoms with van der Waals surface area (Å²) >= 11 is 0. The molecule has 1 heterocycles. The van der Waals surface area contributed by atoms with Crippen molar-refractivity contribution in [1.82, 2.24) is 9.55 Å². The summed E-state index contributed by atoms with van der Waals surface area (Å²) in [4.78, 5) is 4.27. The molecule has 0 bridgehead atoms. The Hall–Kier alpha value is -1.77. The van der Waals surface area contributed by atoms with Gasteiger partial charge in [-0.3, -0.25) is 0 Å². The van der Waals surface area contributed by atoms with E-state index >= 15 is 0 Å². The number of benzene rings is 1. The minimum atomic E-state index is 0.817. The lowest BCUT2D eigenvalue weighted by atomic mass is 10.1. The van der Waals surface area contributed by atoms with Gasteiger partial charge in [-0.25, -0.2) is 4.98 Å². The minimum absolute atomic E-state index is 0.817. The van der Waals surface area contributed by atoms with E-state index in [1.54, 1.807) is 0 Å². The van der Waals surface area contributed by atoms with Gasteiger partial charge in [0.2, 0.25) is 5.95 Å². The highest BCUT2D eigenvalue weighted by Crippen LogP contribution is 2.08. The number of hydrogen-bond donors (Lipinski definition) is 1. The number of nitrogens with one attached hydrogen (secondary N) is 1. The van der Waals surface area contributed by atoms with Gasteiger partial charge in [-0.15, -0.1) is 0 Å². The number of rotatable bonds is 4. The van der Waals surface area contributed by atoms with Crippen LogP contribution in [-0.4, -0.2) is 9.55 Å². The molecular formula is C13H17N3. The summed E-state index contributed by atoms with van der Waals surface area (Å²) in [5.74, 6) is 0.933. The summed E-state index contributed by atoms with van der Waals surface area (Å²) < 4.78 is 2.09. The fourth-order valence-corrected chi connectivity index (χ4v) is 1.62. The van der Waals surface area contributed by atoms with Crippen molar-refractivity contribution in [2.45, 2.75) is 26.9 Å². The molecule has 3 nitrogen and oxygen atoms in total. The van der Waals surface area contributed by atoms with Crippen LogP contribution in [0.1, 0.15) is 18.1 Å². The van der Waals surface area contributed by atoms with E-state index in [0.29, 0.717) is 0 Å².